The molecule has 0 aromatic rings. The molecule has 10 heavy (non-hydrogen) atoms. The molecule has 0 heterocycles. The second-order valence-electron chi connectivity index (χ2n) is 2.12. The monoisotopic (exact) mass is 202 g/mol. The Labute approximate surface area is 74.6 Å². The van der Waals surface area contributed by atoms with Crippen molar-refractivity contribution >= 4 is 32.4 Å². The zero-order valence-electron chi connectivity index (χ0n) is 6.07. The number of hydrogen-bond acceptors (Lipinski definition) is 1. The van der Waals surface area contributed by atoms with Crippen molar-refractivity contribution in [2.75, 3.05) is 6.61 Å². The molecule has 1 unspecified atom stereocenters. The van der Waals surface area contributed by atoms with Gasteiger partial charge in [0.05, 0.1) is 6.61 Å². The molecule has 0 fully saturated rings. The lowest BCUT2D eigenvalue weighted by Gasteiger charge is -2.13. The first kappa shape index (κ1) is 11.0. The maximum Gasteiger partial charge on any atom is 0.229 e. The van der Waals surface area contributed by atoms with E-state index in [1.54, 1.807) is 0 Å². The maximum atomic E-state index is 5.52. The summed E-state index contributed by atoms with van der Waals surface area (Å²) in [7, 11) is 2.21. The third kappa shape index (κ3) is 8.97. The lowest BCUT2D eigenvalue weighted by Crippen LogP contribution is -2.08. The van der Waals surface area contributed by atoms with E-state index in [1.165, 1.54) is 6.42 Å². The quantitative estimate of drug-likeness (QED) is 0.378. The molecule has 0 bridgehead atoms. The van der Waals surface area contributed by atoms with E-state index >= 15 is 0 Å². The van der Waals surface area contributed by atoms with Crippen LogP contribution in [0.3, 0.4) is 0 Å². The Balaban J connectivity index is 3.04. The van der Waals surface area contributed by atoms with Crippen LogP contribution in [-0.2, 0) is 4.74 Å². The molecule has 0 saturated heterocycles. The van der Waals surface area contributed by atoms with Crippen molar-refractivity contribution in [3.05, 3.63) is 0 Å². The van der Waals surface area contributed by atoms with Gasteiger partial charge in [0.1, 0.15) is 0 Å². The molecule has 0 N–H and O–H groups in total. The predicted octanol–water partition coefficient (Wildman–Crippen LogP) is 3.16. The Morgan fingerprint density at radius 1 is 1.40 bits per heavy atom. The lowest BCUT2D eigenvalue weighted by atomic mass is 10.3. The van der Waals surface area contributed by atoms with Crippen molar-refractivity contribution < 1.29 is 4.74 Å². The molecule has 0 rings (SSSR count). The minimum absolute atomic E-state index is 0.629. The highest BCUT2D eigenvalue weighted by Crippen LogP contribution is 2.30. The molecule has 0 amide bonds. The summed E-state index contributed by atoms with van der Waals surface area (Å²) in [5.74, 6) is 0. The number of rotatable bonds is 5. The summed E-state index contributed by atoms with van der Waals surface area (Å²) in [6, 6.07) is 0. The third-order valence-electron chi connectivity index (χ3n) is 1.04. The molecule has 62 valence electrons. The summed E-state index contributed by atoms with van der Waals surface area (Å²) in [6.07, 6.45) is 3.36. The zero-order chi connectivity index (χ0) is 8.04. The van der Waals surface area contributed by atoms with Crippen molar-refractivity contribution in [2.45, 2.75) is 30.4 Å². The fraction of sp³-hybridized carbons (Fsp3) is 1.00. The van der Waals surface area contributed by atoms with Crippen molar-refractivity contribution in [1.29, 1.82) is 0 Å². The van der Waals surface area contributed by atoms with E-state index in [9.17, 15) is 0 Å². The first-order chi connectivity index (χ1) is 4.56. The van der Waals surface area contributed by atoms with E-state index in [0.717, 1.165) is 12.8 Å². The molecule has 0 aliphatic carbocycles. The van der Waals surface area contributed by atoms with Crippen LogP contribution >= 0.6 is 32.4 Å². The van der Waals surface area contributed by atoms with Gasteiger partial charge in [-0.3, -0.25) is 0 Å². The van der Waals surface area contributed by atoms with Gasteiger partial charge in [-0.25, -0.2) is 0 Å². The van der Waals surface area contributed by atoms with Gasteiger partial charge in [0.25, 0.3) is 0 Å². The number of ether oxygens (including phenoxy) is 1. The number of unbranched alkanes of at least 4 members (excludes halogenated alkanes) is 2. The van der Waals surface area contributed by atoms with Crippen LogP contribution in [0.2, 0.25) is 0 Å². The van der Waals surface area contributed by atoms with Gasteiger partial charge in [0.2, 0.25) is 4.26 Å². The second kappa shape index (κ2) is 5.60. The van der Waals surface area contributed by atoms with Crippen molar-refractivity contribution in [2.24, 2.45) is 0 Å². The summed E-state index contributed by atoms with van der Waals surface area (Å²) in [4.78, 5) is 0. The summed E-state index contributed by atoms with van der Waals surface area (Å²) >= 11 is 11.0. The highest BCUT2D eigenvalue weighted by molar-refractivity contribution is 7.26. The van der Waals surface area contributed by atoms with Crippen molar-refractivity contribution in [1.82, 2.24) is 0 Å². The van der Waals surface area contributed by atoms with Gasteiger partial charge < -0.3 is 4.74 Å². The molecule has 1 nitrogen and oxygen atoms in total. The highest BCUT2D eigenvalue weighted by Gasteiger charge is 2.15. The van der Waals surface area contributed by atoms with Crippen LogP contribution in [0.4, 0.5) is 0 Å². The first-order valence-electron chi connectivity index (χ1n) is 3.37. The molecule has 0 aliphatic heterocycles. The van der Waals surface area contributed by atoms with Gasteiger partial charge in [-0.1, -0.05) is 52.2 Å². The second-order valence-corrected chi connectivity index (χ2v) is 4.98. The molecule has 0 radical (unpaired) electrons. The van der Waals surface area contributed by atoms with Gasteiger partial charge in [0.15, 0.2) is 0 Å². The van der Waals surface area contributed by atoms with Crippen LogP contribution in [0.5, 0.6) is 0 Å². The molecular weight excluding hydrogens is 190 g/mol. The van der Waals surface area contributed by atoms with E-state index in [1.807, 2.05) is 0 Å². The van der Waals surface area contributed by atoms with Crippen LogP contribution in [-0.4, -0.2) is 10.9 Å². The number of hydrogen-bond donors (Lipinski definition) is 0. The van der Waals surface area contributed by atoms with Gasteiger partial charge in [-0.05, 0) is 6.42 Å². The zero-order valence-corrected chi connectivity index (χ0v) is 8.74. The number of halogens is 2. The summed E-state index contributed by atoms with van der Waals surface area (Å²) in [5.41, 5.74) is 0. The minimum Gasteiger partial charge on any atom is -0.344 e. The standard InChI is InChI=1S/C6H13Cl2OP/c1-2-3-4-5-9-6(7,8)10/h2-5,10H2,1H3. The Morgan fingerprint density at radius 2 is 2.00 bits per heavy atom. The van der Waals surface area contributed by atoms with Gasteiger partial charge in [-0.15, -0.1) is 0 Å². The summed E-state index contributed by atoms with van der Waals surface area (Å²) in [5, 5.41) is 0. The number of alkyl halides is 2. The fourth-order valence-electron chi connectivity index (χ4n) is 0.560. The Bertz CT molecular complexity index is 82.3. The Hall–Kier alpha value is 0.970. The lowest BCUT2D eigenvalue weighted by molar-refractivity contribution is 0.130. The van der Waals surface area contributed by atoms with E-state index in [0.29, 0.717) is 6.61 Å². The van der Waals surface area contributed by atoms with Crippen molar-refractivity contribution in [3.63, 3.8) is 0 Å². The molecule has 0 spiro atoms. The summed E-state index contributed by atoms with van der Waals surface area (Å²) in [6.45, 7) is 2.76. The maximum absolute atomic E-state index is 5.52. The normalized spacial score (nSPS) is 12.0. The van der Waals surface area contributed by atoms with E-state index in [4.69, 9.17) is 27.9 Å². The van der Waals surface area contributed by atoms with Crippen molar-refractivity contribution in [3.8, 4) is 0 Å². The van der Waals surface area contributed by atoms with Gasteiger partial charge in [0, 0.05) is 0 Å². The van der Waals surface area contributed by atoms with Crippen LogP contribution in [0.1, 0.15) is 26.2 Å². The average Bonchev–Trinajstić information content (AvgIpc) is 1.78. The molecule has 1 atom stereocenters. The average molecular weight is 203 g/mol. The highest BCUT2D eigenvalue weighted by atomic mass is 35.5. The molecule has 0 aliphatic rings. The third-order valence-corrected chi connectivity index (χ3v) is 1.43. The van der Waals surface area contributed by atoms with Crippen LogP contribution in [0.25, 0.3) is 0 Å². The van der Waals surface area contributed by atoms with Gasteiger partial charge in [-0.2, -0.15) is 0 Å². The fourth-order valence-corrected chi connectivity index (χ4v) is 0.832. The minimum atomic E-state index is -1.09. The SMILES string of the molecule is CCCCCOC(P)(Cl)Cl. The molecule has 0 saturated carbocycles. The first-order valence-corrected chi connectivity index (χ1v) is 4.70. The van der Waals surface area contributed by atoms with Crippen LogP contribution in [0.15, 0.2) is 0 Å². The molecule has 0 aromatic carbocycles. The van der Waals surface area contributed by atoms with Crippen LogP contribution in [0, 0.1) is 0 Å². The topological polar surface area (TPSA) is 9.23 Å². The van der Waals surface area contributed by atoms with E-state index < -0.39 is 4.26 Å². The largest absolute Gasteiger partial charge is 0.344 e. The predicted molar refractivity (Wildman–Crippen MR) is 49.6 cm³/mol. The smallest absolute Gasteiger partial charge is 0.229 e. The van der Waals surface area contributed by atoms with E-state index in [-0.39, 0.29) is 0 Å². The molecule has 0 aromatic heterocycles. The van der Waals surface area contributed by atoms with E-state index in [2.05, 4.69) is 16.2 Å². The summed E-state index contributed by atoms with van der Waals surface area (Å²) < 4.78 is 3.94. The Kier molecular flexibility index (Phi) is 6.14. The molecular formula is C6H13Cl2OP. The molecule has 4 heteroatoms. The van der Waals surface area contributed by atoms with Gasteiger partial charge >= 0.3 is 0 Å². The van der Waals surface area contributed by atoms with Crippen LogP contribution < -0.4 is 0 Å². The Morgan fingerprint density at radius 3 is 2.40 bits per heavy atom.